The second-order valence-electron chi connectivity index (χ2n) is 4.32. The molecule has 2 aromatic rings. The number of nitrogens with one attached hydrogen (secondary N) is 1. The van der Waals surface area contributed by atoms with Gasteiger partial charge in [0.25, 0.3) is 0 Å². The van der Waals surface area contributed by atoms with E-state index in [0.29, 0.717) is 12.5 Å². The van der Waals surface area contributed by atoms with Gasteiger partial charge in [-0.2, -0.15) is 11.3 Å². The first-order valence-electron chi connectivity index (χ1n) is 6.14. The van der Waals surface area contributed by atoms with Crippen molar-refractivity contribution in [1.82, 2.24) is 10.3 Å². The van der Waals surface area contributed by atoms with E-state index in [1.165, 1.54) is 11.6 Å². The monoisotopic (exact) mass is 272 g/mol. The predicted molar refractivity (Wildman–Crippen MR) is 79.0 cm³/mol. The molecule has 0 radical (unpaired) electrons. The maximum Gasteiger partial charge on any atom is 0.244 e. The molecule has 1 atom stereocenters. The average molecular weight is 272 g/mol. The molecule has 2 rings (SSSR count). The van der Waals surface area contributed by atoms with Crippen molar-refractivity contribution in [3.8, 4) is 0 Å². The van der Waals surface area contributed by atoms with Crippen molar-refractivity contribution < 1.29 is 4.79 Å². The highest BCUT2D eigenvalue weighted by atomic mass is 32.1. The van der Waals surface area contributed by atoms with Gasteiger partial charge in [-0.05, 0) is 46.0 Å². The summed E-state index contributed by atoms with van der Waals surface area (Å²) < 4.78 is 0. The molecule has 0 fully saturated rings. The molecule has 0 aliphatic heterocycles. The Morgan fingerprint density at radius 3 is 3.11 bits per heavy atom. The van der Waals surface area contributed by atoms with Gasteiger partial charge in [0.05, 0.1) is 0 Å². The van der Waals surface area contributed by atoms with E-state index in [1.807, 2.05) is 12.1 Å². The summed E-state index contributed by atoms with van der Waals surface area (Å²) in [4.78, 5) is 15.7. The summed E-state index contributed by atoms with van der Waals surface area (Å²) in [5.74, 6) is 0.257. The van der Waals surface area contributed by atoms with E-state index in [1.54, 1.807) is 29.8 Å². The first-order chi connectivity index (χ1) is 9.25. The van der Waals surface area contributed by atoms with Gasteiger partial charge in [-0.1, -0.05) is 13.0 Å². The molecule has 4 heteroatoms. The summed E-state index contributed by atoms with van der Waals surface area (Å²) in [6.45, 7) is 2.75. The van der Waals surface area contributed by atoms with Gasteiger partial charge < -0.3 is 5.32 Å². The molecule has 0 unspecified atom stereocenters. The fourth-order valence-corrected chi connectivity index (χ4v) is 2.41. The quantitative estimate of drug-likeness (QED) is 0.850. The minimum Gasteiger partial charge on any atom is -0.352 e. The van der Waals surface area contributed by atoms with Crippen molar-refractivity contribution in [3.05, 3.63) is 58.6 Å². The van der Waals surface area contributed by atoms with Crippen LogP contribution in [0.4, 0.5) is 0 Å². The molecule has 0 spiro atoms. The lowest BCUT2D eigenvalue weighted by Crippen LogP contribution is -2.25. The normalized spacial score (nSPS) is 12.5. The molecule has 0 aliphatic rings. The molecular weight excluding hydrogens is 256 g/mol. The Morgan fingerprint density at radius 2 is 2.42 bits per heavy atom. The number of carbonyl (C=O) groups is 1. The van der Waals surface area contributed by atoms with Crippen molar-refractivity contribution in [2.45, 2.75) is 12.8 Å². The number of rotatable bonds is 5. The Kier molecular flexibility index (Phi) is 4.86. The van der Waals surface area contributed by atoms with Crippen molar-refractivity contribution in [2.24, 2.45) is 0 Å². The van der Waals surface area contributed by atoms with Gasteiger partial charge in [0.1, 0.15) is 0 Å². The Bertz CT molecular complexity index is 535. The van der Waals surface area contributed by atoms with E-state index in [4.69, 9.17) is 0 Å². The Morgan fingerprint density at radius 1 is 1.53 bits per heavy atom. The Labute approximate surface area is 117 Å². The van der Waals surface area contributed by atoms with Crippen molar-refractivity contribution >= 4 is 23.3 Å². The minimum atomic E-state index is -0.0778. The fraction of sp³-hybridized carbons (Fsp3) is 0.200. The molecule has 0 aliphatic carbocycles. The van der Waals surface area contributed by atoms with Crippen LogP contribution in [0.15, 0.2) is 47.4 Å². The zero-order chi connectivity index (χ0) is 13.5. The third-order valence-corrected chi connectivity index (χ3v) is 3.51. The van der Waals surface area contributed by atoms with Crippen LogP contribution < -0.4 is 5.32 Å². The van der Waals surface area contributed by atoms with Gasteiger partial charge in [0.15, 0.2) is 0 Å². The number of hydrogen-bond acceptors (Lipinski definition) is 3. The number of hydrogen-bond donors (Lipinski definition) is 1. The largest absolute Gasteiger partial charge is 0.352 e. The SMILES string of the molecule is C[C@@H](CNC(=O)/C=C\c1cccnc1)c1ccsc1. The Hall–Kier alpha value is -1.94. The number of aromatic nitrogens is 1. The van der Waals surface area contributed by atoms with E-state index in [-0.39, 0.29) is 5.91 Å². The lowest BCUT2D eigenvalue weighted by Gasteiger charge is -2.09. The predicted octanol–water partition coefficient (Wildman–Crippen LogP) is 3.08. The summed E-state index contributed by atoms with van der Waals surface area (Å²) in [5, 5.41) is 7.06. The van der Waals surface area contributed by atoms with E-state index in [9.17, 15) is 4.79 Å². The van der Waals surface area contributed by atoms with Gasteiger partial charge in [-0.3, -0.25) is 9.78 Å². The molecule has 1 N–H and O–H groups in total. The van der Waals surface area contributed by atoms with Crippen LogP contribution in [0.3, 0.4) is 0 Å². The Balaban J connectivity index is 1.80. The van der Waals surface area contributed by atoms with E-state index in [0.717, 1.165) is 5.56 Å². The van der Waals surface area contributed by atoms with Crippen molar-refractivity contribution in [1.29, 1.82) is 0 Å². The second kappa shape index (κ2) is 6.85. The number of nitrogens with zero attached hydrogens (tertiary/aromatic N) is 1. The summed E-state index contributed by atoms with van der Waals surface area (Å²) in [7, 11) is 0. The van der Waals surface area contributed by atoms with Crippen molar-refractivity contribution in [3.63, 3.8) is 0 Å². The first kappa shape index (κ1) is 13.5. The van der Waals surface area contributed by atoms with E-state index < -0.39 is 0 Å². The number of amides is 1. The molecule has 2 heterocycles. The van der Waals surface area contributed by atoms with Gasteiger partial charge in [0, 0.05) is 25.0 Å². The van der Waals surface area contributed by atoms with Crippen LogP contribution in [0.25, 0.3) is 6.08 Å². The van der Waals surface area contributed by atoms with Crippen LogP contribution in [-0.4, -0.2) is 17.4 Å². The second-order valence-corrected chi connectivity index (χ2v) is 5.10. The maximum atomic E-state index is 11.7. The lowest BCUT2D eigenvalue weighted by atomic mass is 10.1. The van der Waals surface area contributed by atoms with E-state index >= 15 is 0 Å². The summed E-state index contributed by atoms with van der Waals surface area (Å²) in [5.41, 5.74) is 2.19. The molecule has 0 aromatic carbocycles. The maximum absolute atomic E-state index is 11.7. The average Bonchev–Trinajstić information content (AvgIpc) is 2.98. The fourth-order valence-electron chi connectivity index (χ4n) is 1.63. The van der Waals surface area contributed by atoms with Gasteiger partial charge in [0.2, 0.25) is 5.91 Å². The molecule has 3 nitrogen and oxygen atoms in total. The summed E-state index contributed by atoms with van der Waals surface area (Å²) >= 11 is 1.68. The topological polar surface area (TPSA) is 42.0 Å². The van der Waals surface area contributed by atoms with Gasteiger partial charge in [-0.25, -0.2) is 0 Å². The molecule has 98 valence electrons. The van der Waals surface area contributed by atoms with Gasteiger partial charge in [-0.15, -0.1) is 0 Å². The van der Waals surface area contributed by atoms with Crippen LogP contribution in [0.2, 0.25) is 0 Å². The molecule has 2 aromatic heterocycles. The molecule has 19 heavy (non-hydrogen) atoms. The van der Waals surface area contributed by atoms with E-state index in [2.05, 4.69) is 34.1 Å². The summed E-state index contributed by atoms with van der Waals surface area (Å²) in [6.07, 6.45) is 6.73. The molecule has 1 amide bonds. The van der Waals surface area contributed by atoms with Crippen LogP contribution in [-0.2, 0) is 4.79 Å². The first-order valence-corrected chi connectivity index (χ1v) is 7.08. The number of pyridine rings is 1. The third kappa shape index (κ3) is 4.34. The molecule has 0 bridgehead atoms. The minimum absolute atomic E-state index is 0.0778. The highest BCUT2D eigenvalue weighted by molar-refractivity contribution is 7.07. The van der Waals surface area contributed by atoms with Crippen LogP contribution in [0.1, 0.15) is 24.0 Å². The zero-order valence-corrected chi connectivity index (χ0v) is 11.6. The third-order valence-electron chi connectivity index (χ3n) is 2.81. The highest BCUT2D eigenvalue weighted by Gasteiger charge is 2.06. The lowest BCUT2D eigenvalue weighted by molar-refractivity contribution is -0.116. The molecular formula is C15H16N2OS. The standard InChI is InChI=1S/C15H16N2OS/c1-12(14-6-8-19-11-14)9-17-15(18)5-4-13-3-2-7-16-10-13/h2-8,10-12H,9H2,1H3,(H,17,18)/b5-4-/t12-/m0/s1. The number of carbonyl (C=O) groups excluding carboxylic acids is 1. The molecule has 0 saturated carbocycles. The van der Waals surface area contributed by atoms with Crippen LogP contribution in [0, 0.1) is 0 Å². The molecule has 0 saturated heterocycles. The smallest absolute Gasteiger partial charge is 0.244 e. The highest BCUT2D eigenvalue weighted by Crippen LogP contribution is 2.16. The van der Waals surface area contributed by atoms with Crippen molar-refractivity contribution in [2.75, 3.05) is 6.54 Å². The zero-order valence-electron chi connectivity index (χ0n) is 10.7. The van der Waals surface area contributed by atoms with Gasteiger partial charge >= 0.3 is 0 Å². The summed E-state index contributed by atoms with van der Waals surface area (Å²) in [6, 6.07) is 5.84. The number of thiophene rings is 1. The van der Waals surface area contributed by atoms with Crippen LogP contribution in [0.5, 0.6) is 0 Å². The van der Waals surface area contributed by atoms with Crippen LogP contribution >= 0.6 is 11.3 Å².